The maximum Gasteiger partial charge on any atom is 0.318 e. The molecule has 0 amide bonds. The van der Waals surface area contributed by atoms with E-state index in [1.807, 2.05) is 0 Å². The second-order valence-electron chi connectivity index (χ2n) is 4.10. The molecule has 0 fully saturated rings. The lowest BCUT2D eigenvalue weighted by molar-refractivity contribution is -0.385. The van der Waals surface area contributed by atoms with Gasteiger partial charge in [0.05, 0.1) is 10.7 Å². The van der Waals surface area contributed by atoms with Gasteiger partial charge in [-0.05, 0) is 6.42 Å². The smallest absolute Gasteiger partial charge is 0.318 e. The number of hydrogen-bond donors (Lipinski definition) is 1. The molecule has 8 nitrogen and oxygen atoms in total. The van der Waals surface area contributed by atoms with E-state index < -0.39 is 27.5 Å². The van der Waals surface area contributed by atoms with Gasteiger partial charge in [0.2, 0.25) is 10.0 Å². The van der Waals surface area contributed by atoms with Crippen molar-refractivity contribution >= 4 is 21.7 Å². The number of nitro benzene ring substituents is 1. The van der Waals surface area contributed by atoms with Crippen molar-refractivity contribution in [2.24, 2.45) is 0 Å². The first-order valence-corrected chi connectivity index (χ1v) is 7.23. The zero-order valence-electron chi connectivity index (χ0n) is 10.7. The van der Waals surface area contributed by atoms with Gasteiger partial charge in [-0.25, -0.2) is 8.42 Å². The molecule has 9 heteroatoms. The van der Waals surface area contributed by atoms with Crippen molar-refractivity contribution in [3.05, 3.63) is 39.9 Å². The van der Waals surface area contributed by atoms with Crippen LogP contribution in [0.3, 0.4) is 0 Å². The Morgan fingerprint density at radius 3 is 2.55 bits per heavy atom. The lowest BCUT2D eigenvalue weighted by Crippen LogP contribution is -2.34. The molecule has 0 bridgehead atoms. The zero-order chi connectivity index (χ0) is 15.3. The molecule has 1 N–H and O–H groups in total. The van der Waals surface area contributed by atoms with Crippen LogP contribution in [-0.2, 0) is 21.2 Å². The van der Waals surface area contributed by atoms with E-state index in [1.54, 1.807) is 6.07 Å². The minimum Gasteiger partial charge on any atom is -0.480 e. The van der Waals surface area contributed by atoms with E-state index in [0.29, 0.717) is 9.87 Å². The van der Waals surface area contributed by atoms with E-state index in [1.165, 1.54) is 18.2 Å². The normalized spacial score (nSPS) is 11.5. The third kappa shape index (κ3) is 4.28. The van der Waals surface area contributed by atoms with Crippen molar-refractivity contribution in [3.63, 3.8) is 0 Å². The Morgan fingerprint density at radius 2 is 2.00 bits per heavy atom. The fourth-order valence-electron chi connectivity index (χ4n) is 1.58. The largest absolute Gasteiger partial charge is 0.480 e. The second-order valence-corrected chi connectivity index (χ2v) is 6.30. The van der Waals surface area contributed by atoms with Crippen LogP contribution in [0.1, 0.15) is 5.56 Å². The number of nitro groups is 1. The van der Waals surface area contributed by atoms with Gasteiger partial charge in [0, 0.05) is 18.7 Å². The summed E-state index contributed by atoms with van der Waals surface area (Å²) in [6.07, 6.45) is -0.0521. The molecule has 0 aromatic heterocycles. The second kappa shape index (κ2) is 6.44. The molecule has 0 aliphatic rings. The summed E-state index contributed by atoms with van der Waals surface area (Å²) in [5.41, 5.74) is 0.147. The van der Waals surface area contributed by atoms with Crippen LogP contribution in [0.4, 0.5) is 5.69 Å². The Kier molecular flexibility index (Phi) is 5.17. The first-order chi connectivity index (χ1) is 9.24. The maximum absolute atomic E-state index is 11.8. The van der Waals surface area contributed by atoms with Crippen LogP contribution in [0.25, 0.3) is 0 Å². The summed E-state index contributed by atoms with van der Waals surface area (Å²) < 4.78 is 24.3. The lowest BCUT2D eigenvalue weighted by atomic mass is 10.1. The van der Waals surface area contributed by atoms with Crippen molar-refractivity contribution in [1.82, 2.24) is 4.31 Å². The number of aryl methyl sites for hydroxylation is 1. The topological polar surface area (TPSA) is 118 Å². The van der Waals surface area contributed by atoms with E-state index in [0.717, 1.165) is 7.05 Å². The first kappa shape index (κ1) is 16.1. The number of sulfonamides is 1. The van der Waals surface area contributed by atoms with Crippen molar-refractivity contribution < 1.29 is 23.2 Å². The van der Waals surface area contributed by atoms with E-state index in [2.05, 4.69) is 0 Å². The van der Waals surface area contributed by atoms with Gasteiger partial charge < -0.3 is 5.11 Å². The molecule has 1 aromatic carbocycles. The van der Waals surface area contributed by atoms with Gasteiger partial charge in [0.1, 0.15) is 6.54 Å². The average Bonchev–Trinajstić information content (AvgIpc) is 2.35. The molecule has 110 valence electrons. The lowest BCUT2D eigenvalue weighted by Gasteiger charge is -2.14. The van der Waals surface area contributed by atoms with Crippen molar-refractivity contribution in [2.45, 2.75) is 6.42 Å². The number of carbonyl (C=O) groups is 1. The molecule has 20 heavy (non-hydrogen) atoms. The number of rotatable bonds is 7. The summed E-state index contributed by atoms with van der Waals surface area (Å²) in [7, 11) is -2.61. The zero-order valence-corrected chi connectivity index (χ0v) is 11.5. The average molecular weight is 302 g/mol. The minimum absolute atomic E-state index is 0.0521. The Hall–Kier alpha value is -2.00. The molecule has 1 aromatic rings. The molecular weight excluding hydrogens is 288 g/mol. The van der Waals surface area contributed by atoms with Gasteiger partial charge in [-0.2, -0.15) is 4.31 Å². The van der Waals surface area contributed by atoms with Crippen LogP contribution in [0.5, 0.6) is 0 Å². The fourth-order valence-corrected chi connectivity index (χ4v) is 2.68. The van der Waals surface area contributed by atoms with E-state index in [4.69, 9.17) is 5.11 Å². The number of benzene rings is 1. The highest BCUT2D eigenvalue weighted by molar-refractivity contribution is 7.89. The van der Waals surface area contributed by atoms with E-state index in [9.17, 15) is 23.3 Å². The molecule has 0 saturated heterocycles. The SMILES string of the molecule is CN(CC(=O)O)S(=O)(=O)CCc1ccccc1[N+](=O)[O-]. The molecule has 0 heterocycles. The van der Waals surface area contributed by atoms with Crippen LogP contribution >= 0.6 is 0 Å². The molecule has 1 rings (SSSR count). The molecule has 0 aliphatic heterocycles. The Balaban J connectivity index is 2.81. The molecule has 0 unspecified atom stereocenters. The van der Waals surface area contributed by atoms with Crippen LogP contribution < -0.4 is 0 Å². The highest BCUT2D eigenvalue weighted by atomic mass is 32.2. The first-order valence-electron chi connectivity index (χ1n) is 5.62. The van der Waals surface area contributed by atoms with Gasteiger partial charge in [-0.15, -0.1) is 0 Å². The Bertz CT molecular complexity index is 613. The summed E-state index contributed by atoms with van der Waals surface area (Å²) in [5, 5.41) is 19.3. The third-order valence-corrected chi connectivity index (χ3v) is 4.45. The van der Waals surface area contributed by atoms with Crippen molar-refractivity contribution in [1.29, 1.82) is 0 Å². The fraction of sp³-hybridized carbons (Fsp3) is 0.364. The maximum atomic E-state index is 11.8. The Labute approximate surface area is 115 Å². The van der Waals surface area contributed by atoms with E-state index >= 15 is 0 Å². The predicted octanol–water partition coefficient (Wildman–Crippen LogP) is 0.484. The van der Waals surface area contributed by atoms with Crippen LogP contribution in [0.15, 0.2) is 24.3 Å². The summed E-state index contributed by atoms with van der Waals surface area (Å²) in [6.45, 7) is -0.640. The van der Waals surface area contributed by atoms with Gasteiger partial charge in [-0.3, -0.25) is 14.9 Å². The van der Waals surface area contributed by atoms with E-state index in [-0.39, 0.29) is 17.9 Å². The molecule has 0 radical (unpaired) electrons. The van der Waals surface area contributed by atoms with Gasteiger partial charge >= 0.3 is 5.97 Å². The Morgan fingerprint density at radius 1 is 1.40 bits per heavy atom. The molecule has 0 spiro atoms. The predicted molar refractivity (Wildman–Crippen MR) is 70.9 cm³/mol. The van der Waals surface area contributed by atoms with Gasteiger partial charge in [-0.1, -0.05) is 18.2 Å². The van der Waals surface area contributed by atoms with Gasteiger partial charge in [0.15, 0.2) is 0 Å². The van der Waals surface area contributed by atoms with Crippen molar-refractivity contribution in [2.75, 3.05) is 19.3 Å². The molecule has 0 aliphatic carbocycles. The summed E-state index contributed by atoms with van der Waals surface area (Å²) in [4.78, 5) is 20.7. The van der Waals surface area contributed by atoms with Crippen molar-refractivity contribution in [3.8, 4) is 0 Å². The number of likely N-dealkylation sites (N-methyl/N-ethyl adjacent to an activating group) is 1. The standard InChI is InChI=1S/C11H14N2O6S/c1-12(8-11(14)15)20(18,19)7-6-9-4-2-3-5-10(9)13(16)17/h2-5H,6-8H2,1H3,(H,14,15). The highest BCUT2D eigenvalue weighted by Crippen LogP contribution is 2.18. The van der Waals surface area contributed by atoms with Crippen LogP contribution in [0.2, 0.25) is 0 Å². The number of nitrogens with zero attached hydrogens (tertiary/aromatic N) is 2. The number of hydrogen-bond acceptors (Lipinski definition) is 5. The summed E-state index contributed by atoms with van der Waals surface area (Å²) >= 11 is 0. The number of carboxylic acids is 1. The number of aliphatic carboxylic acids is 1. The number of carboxylic acid groups (broad SMARTS) is 1. The quantitative estimate of drug-likeness (QED) is 0.578. The molecular formula is C11H14N2O6S. The monoisotopic (exact) mass is 302 g/mol. The number of para-hydroxylation sites is 1. The third-order valence-electron chi connectivity index (χ3n) is 2.65. The molecule has 0 atom stereocenters. The summed E-state index contributed by atoms with van der Waals surface area (Å²) in [5.74, 6) is -1.65. The van der Waals surface area contributed by atoms with Crippen LogP contribution in [-0.4, -0.2) is 48.1 Å². The molecule has 0 saturated carbocycles. The minimum atomic E-state index is -3.77. The van der Waals surface area contributed by atoms with Gasteiger partial charge in [0.25, 0.3) is 5.69 Å². The highest BCUT2D eigenvalue weighted by Gasteiger charge is 2.22. The summed E-state index contributed by atoms with van der Waals surface area (Å²) in [6, 6.07) is 5.84. The van der Waals surface area contributed by atoms with Crippen LogP contribution in [0, 0.1) is 10.1 Å².